The van der Waals surface area contributed by atoms with Gasteiger partial charge in [0.2, 0.25) is 0 Å². The number of hydrogen-bond donors (Lipinski definition) is 0. The molecule has 0 unspecified atom stereocenters. The highest BCUT2D eigenvalue weighted by Crippen LogP contribution is 2.39. The first-order valence-corrected chi connectivity index (χ1v) is 12.4. The van der Waals surface area contributed by atoms with Gasteiger partial charge in [-0.2, -0.15) is 5.10 Å². The van der Waals surface area contributed by atoms with Crippen LogP contribution in [-0.2, 0) is 4.79 Å². The van der Waals surface area contributed by atoms with Gasteiger partial charge >= 0.3 is 0 Å². The van der Waals surface area contributed by atoms with Gasteiger partial charge < -0.3 is 4.74 Å². The van der Waals surface area contributed by atoms with E-state index >= 15 is 0 Å². The maximum atomic E-state index is 13.3. The fourth-order valence-corrected chi connectivity index (χ4v) is 5.99. The van der Waals surface area contributed by atoms with Crippen molar-refractivity contribution >= 4 is 51.9 Å². The van der Waals surface area contributed by atoms with Crippen molar-refractivity contribution in [3.63, 3.8) is 0 Å². The molecule has 33 heavy (non-hydrogen) atoms. The minimum absolute atomic E-state index is 0.0110. The molecule has 0 radical (unpaired) electrons. The number of halogens is 1. The average Bonchev–Trinajstić information content (AvgIpc) is 3.55. The fraction of sp³-hybridized carbons (Fsp3) is 0.240. The van der Waals surface area contributed by atoms with E-state index in [0.29, 0.717) is 20.0 Å². The molecule has 0 N–H and O–H groups in total. The molecule has 3 aromatic rings. The zero-order chi connectivity index (χ0) is 22.9. The monoisotopic (exact) mass is 495 g/mol. The molecule has 2 aromatic carbocycles. The molecule has 5 nitrogen and oxygen atoms in total. The second-order valence-electron chi connectivity index (χ2n) is 8.05. The zero-order valence-electron chi connectivity index (χ0n) is 18.0. The topological polar surface area (TPSA) is 47.4 Å². The highest BCUT2D eigenvalue weighted by atomic mass is 35.5. The Bertz CT molecular complexity index is 1250. The molecule has 2 heterocycles. The second kappa shape index (κ2) is 9.33. The third-order valence-corrected chi connectivity index (χ3v) is 7.61. The molecular weight excluding hydrogens is 474 g/mol. The van der Waals surface area contributed by atoms with Crippen molar-refractivity contribution in [2.45, 2.75) is 31.7 Å². The van der Waals surface area contributed by atoms with Gasteiger partial charge in [0, 0.05) is 23.4 Å². The summed E-state index contributed by atoms with van der Waals surface area (Å²) in [6.07, 6.45) is 8.15. The molecular formula is C25H22ClN3O2S2. The Hall–Kier alpha value is -2.61. The lowest BCUT2D eigenvalue weighted by Gasteiger charge is -2.21. The van der Waals surface area contributed by atoms with E-state index in [9.17, 15) is 4.79 Å². The Morgan fingerprint density at radius 3 is 2.64 bits per heavy atom. The molecule has 1 amide bonds. The smallest absolute Gasteiger partial charge is 0.266 e. The maximum Gasteiger partial charge on any atom is 0.266 e. The van der Waals surface area contributed by atoms with E-state index < -0.39 is 0 Å². The molecule has 2 aliphatic rings. The summed E-state index contributed by atoms with van der Waals surface area (Å²) in [6, 6.07) is 15.7. The highest BCUT2D eigenvalue weighted by molar-refractivity contribution is 8.26. The van der Waals surface area contributed by atoms with Crippen LogP contribution in [0, 0.1) is 0 Å². The minimum Gasteiger partial charge on any atom is -0.495 e. The Morgan fingerprint density at radius 2 is 1.94 bits per heavy atom. The largest absolute Gasteiger partial charge is 0.495 e. The van der Waals surface area contributed by atoms with Crippen molar-refractivity contribution in [3.8, 4) is 22.7 Å². The standard InChI is InChI=1S/C25H22ClN3O2S2/c1-31-21-12-11-16(13-20(21)26)23-17(15-28(27-23)18-7-3-2-4-8-18)14-22-24(30)29(25(32)33-22)19-9-5-6-10-19/h2-4,7-8,11-15,19H,5-6,9-10H2,1H3. The summed E-state index contributed by atoms with van der Waals surface area (Å²) < 4.78 is 7.76. The third kappa shape index (κ3) is 4.33. The normalized spacial score (nSPS) is 18.0. The quantitative estimate of drug-likeness (QED) is 0.305. The summed E-state index contributed by atoms with van der Waals surface area (Å²) in [5.74, 6) is 0.588. The number of hydrogen-bond acceptors (Lipinski definition) is 5. The number of carbonyl (C=O) groups is 1. The molecule has 2 fully saturated rings. The Labute approximate surface area is 207 Å². The van der Waals surface area contributed by atoms with Crippen LogP contribution in [0.25, 0.3) is 23.0 Å². The summed E-state index contributed by atoms with van der Waals surface area (Å²) in [7, 11) is 1.59. The molecule has 5 rings (SSSR count). The van der Waals surface area contributed by atoms with E-state index in [2.05, 4.69) is 0 Å². The van der Waals surface area contributed by atoms with Crippen molar-refractivity contribution in [1.29, 1.82) is 0 Å². The fourth-order valence-electron chi connectivity index (χ4n) is 4.34. The van der Waals surface area contributed by atoms with E-state index in [4.69, 9.17) is 33.7 Å². The second-order valence-corrected chi connectivity index (χ2v) is 10.1. The van der Waals surface area contributed by atoms with E-state index in [1.165, 1.54) is 11.8 Å². The molecule has 1 aromatic heterocycles. The van der Waals surface area contributed by atoms with Gasteiger partial charge in [0.15, 0.2) is 0 Å². The first kappa shape index (κ1) is 22.2. The molecule has 1 aliphatic heterocycles. The number of amides is 1. The zero-order valence-corrected chi connectivity index (χ0v) is 20.4. The minimum atomic E-state index is -0.0110. The maximum absolute atomic E-state index is 13.3. The van der Waals surface area contributed by atoms with Gasteiger partial charge in [-0.15, -0.1) is 0 Å². The van der Waals surface area contributed by atoms with Gasteiger partial charge in [-0.1, -0.05) is 66.6 Å². The van der Waals surface area contributed by atoms with Gasteiger partial charge in [0.25, 0.3) is 5.91 Å². The van der Waals surface area contributed by atoms with Crippen molar-refractivity contribution in [1.82, 2.24) is 14.7 Å². The molecule has 168 valence electrons. The van der Waals surface area contributed by atoms with Crippen molar-refractivity contribution in [2.24, 2.45) is 0 Å². The SMILES string of the molecule is COc1ccc(-c2nn(-c3ccccc3)cc2C=C2SC(=S)N(C3CCCC3)C2=O)cc1Cl. The lowest BCUT2D eigenvalue weighted by Crippen LogP contribution is -2.36. The predicted molar refractivity (Wildman–Crippen MR) is 138 cm³/mol. The number of nitrogens with zero attached hydrogens (tertiary/aromatic N) is 3. The van der Waals surface area contributed by atoms with E-state index in [0.717, 1.165) is 48.2 Å². The Morgan fingerprint density at radius 1 is 1.18 bits per heavy atom. The Balaban J connectivity index is 1.57. The van der Waals surface area contributed by atoms with E-state index in [-0.39, 0.29) is 11.9 Å². The van der Waals surface area contributed by atoms with Gasteiger partial charge in [0.1, 0.15) is 15.8 Å². The van der Waals surface area contributed by atoms with Crippen molar-refractivity contribution < 1.29 is 9.53 Å². The van der Waals surface area contributed by atoms with Crippen LogP contribution in [-0.4, -0.2) is 38.1 Å². The number of para-hydroxylation sites is 1. The molecule has 1 saturated heterocycles. The number of thioether (sulfide) groups is 1. The molecule has 0 spiro atoms. The molecule has 1 saturated carbocycles. The van der Waals surface area contributed by atoms with Crippen molar-refractivity contribution in [2.75, 3.05) is 7.11 Å². The van der Waals surface area contributed by atoms with Gasteiger partial charge in [-0.25, -0.2) is 4.68 Å². The first-order chi connectivity index (χ1) is 16.0. The van der Waals surface area contributed by atoms with E-state index in [1.807, 2.05) is 70.4 Å². The number of carbonyl (C=O) groups excluding carboxylic acids is 1. The Kier molecular flexibility index (Phi) is 6.27. The van der Waals surface area contributed by atoms with Gasteiger partial charge in [0.05, 0.1) is 22.7 Å². The number of methoxy groups -OCH3 is 1. The lowest BCUT2D eigenvalue weighted by molar-refractivity contribution is -0.123. The highest BCUT2D eigenvalue weighted by Gasteiger charge is 2.38. The van der Waals surface area contributed by atoms with Crippen molar-refractivity contribution in [3.05, 3.63) is 70.2 Å². The van der Waals surface area contributed by atoms with E-state index in [1.54, 1.807) is 7.11 Å². The molecule has 1 aliphatic carbocycles. The summed E-state index contributed by atoms with van der Waals surface area (Å²) in [5, 5.41) is 5.34. The molecule has 8 heteroatoms. The van der Waals surface area contributed by atoms with Crippen LogP contribution in [0.3, 0.4) is 0 Å². The number of aromatic nitrogens is 2. The third-order valence-electron chi connectivity index (χ3n) is 5.99. The van der Waals surface area contributed by atoms with Crippen LogP contribution in [0.15, 0.2) is 59.6 Å². The summed E-state index contributed by atoms with van der Waals surface area (Å²) in [5.41, 5.74) is 3.33. The average molecular weight is 496 g/mol. The van der Waals surface area contributed by atoms with Crippen LogP contribution in [0.4, 0.5) is 0 Å². The molecule has 0 bridgehead atoms. The summed E-state index contributed by atoms with van der Waals surface area (Å²) in [4.78, 5) is 15.7. The van der Waals surface area contributed by atoms with Crippen LogP contribution >= 0.6 is 35.6 Å². The van der Waals surface area contributed by atoms with Crippen LogP contribution < -0.4 is 4.74 Å². The lowest BCUT2D eigenvalue weighted by atomic mass is 10.1. The summed E-state index contributed by atoms with van der Waals surface area (Å²) >= 11 is 13.3. The number of rotatable bonds is 5. The summed E-state index contributed by atoms with van der Waals surface area (Å²) in [6.45, 7) is 0. The van der Waals surface area contributed by atoms with Gasteiger partial charge in [-0.05, 0) is 49.2 Å². The first-order valence-electron chi connectivity index (χ1n) is 10.8. The number of ether oxygens (including phenoxy) is 1. The number of thiocarbonyl (C=S) groups is 1. The van der Waals surface area contributed by atoms with Crippen LogP contribution in [0.2, 0.25) is 5.02 Å². The van der Waals surface area contributed by atoms with Crippen LogP contribution in [0.1, 0.15) is 31.2 Å². The van der Waals surface area contributed by atoms with Gasteiger partial charge in [-0.3, -0.25) is 9.69 Å². The molecule has 0 atom stereocenters. The predicted octanol–water partition coefficient (Wildman–Crippen LogP) is 6.35. The number of benzene rings is 2. The van der Waals surface area contributed by atoms with Crippen LogP contribution in [0.5, 0.6) is 5.75 Å².